The number of carbonyl (C=O) groups excluding carboxylic acids is 3. The van der Waals surface area contributed by atoms with Crippen LogP contribution in [0.1, 0.15) is 40.5 Å². The van der Waals surface area contributed by atoms with Crippen molar-refractivity contribution < 1.29 is 18.8 Å². The first kappa shape index (κ1) is 14.2. The molecule has 0 radical (unpaired) electrons. The van der Waals surface area contributed by atoms with E-state index in [0.717, 1.165) is 17.4 Å². The van der Waals surface area contributed by atoms with E-state index in [9.17, 15) is 18.8 Å². The van der Waals surface area contributed by atoms with E-state index in [1.165, 1.54) is 12.1 Å². The smallest absolute Gasteiger partial charge is 0.264 e. The number of nitrogens with one attached hydrogen (secondary N) is 1. The number of hydrogen-bond donors (Lipinski definition) is 1. The molecular weight excluding hydrogens is 263 g/mol. The van der Waals surface area contributed by atoms with E-state index in [2.05, 4.69) is 5.32 Å². The van der Waals surface area contributed by atoms with Crippen molar-refractivity contribution in [2.24, 2.45) is 0 Å². The number of amides is 3. The highest BCUT2D eigenvalue weighted by molar-refractivity contribution is 6.21. The Morgan fingerprint density at radius 1 is 1.30 bits per heavy atom. The molecule has 1 heterocycles. The van der Waals surface area contributed by atoms with Crippen molar-refractivity contribution in [3.63, 3.8) is 0 Å². The Balaban J connectivity index is 2.02. The summed E-state index contributed by atoms with van der Waals surface area (Å²) in [6.07, 6.45) is 1.13. The summed E-state index contributed by atoms with van der Waals surface area (Å²) in [5, 5.41) is 2.61. The molecule has 0 aliphatic carbocycles. The minimum Gasteiger partial charge on any atom is -0.354 e. The summed E-state index contributed by atoms with van der Waals surface area (Å²) in [5.41, 5.74) is -0.104. The topological polar surface area (TPSA) is 66.5 Å². The third kappa shape index (κ3) is 2.54. The van der Waals surface area contributed by atoms with Crippen LogP contribution in [-0.2, 0) is 4.79 Å². The quantitative estimate of drug-likeness (QED) is 0.826. The molecule has 0 saturated carbocycles. The second-order valence-corrected chi connectivity index (χ2v) is 4.52. The average molecular weight is 278 g/mol. The first-order valence-corrected chi connectivity index (χ1v) is 6.47. The minimum atomic E-state index is -0.696. The van der Waals surface area contributed by atoms with Crippen LogP contribution in [0.25, 0.3) is 0 Å². The van der Waals surface area contributed by atoms with Crippen molar-refractivity contribution in [3.8, 4) is 0 Å². The van der Waals surface area contributed by atoms with Crippen LogP contribution in [0.5, 0.6) is 0 Å². The summed E-state index contributed by atoms with van der Waals surface area (Å²) in [6.45, 7) is 2.10. The molecule has 1 aromatic carbocycles. The molecule has 1 N–H and O–H groups in total. The lowest BCUT2D eigenvalue weighted by atomic mass is 10.1. The van der Waals surface area contributed by atoms with Crippen LogP contribution in [0.2, 0.25) is 0 Å². The third-order valence-electron chi connectivity index (χ3n) is 3.08. The molecule has 2 rings (SSSR count). The highest BCUT2D eigenvalue weighted by Crippen LogP contribution is 2.24. The van der Waals surface area contributed by atoms with Gasteiger partial charge >= 0.3 is 0 Å². The van der Waals surface area contributed by atoms with E-state index >= 15 is 0 Å². The van der Waals surface area contributed by atoms with Crippen molar-refractivity contribution in [2.45, 2.75) is 19.8 Å². The molecule has 106 valence electrons. The molecule has 0 atom stereocenters. The molecule has 0 spiro atoms. The van der Waals surface area contributed by atoms with Gasteiger partial charge in [0.25, 0.3) is 11.8 Å². The summed E-state index contributed by atoms with van der Waals surface area (Å²) >= 11 is 0. The van der Waals surface area contributed by atoms with Crippen LogP contribution < -0.4 is 5.32 Å². The molecule has 0 saturated heterocycles. The lowest BCUT2D eigenvalue weighted by molar-refractivity contribution is -0.121. The van der Waals surface area contributed by atoms with Crippen LogP contribution in [0.15, 0.2) is 18.2 Å². The fraction of sp³-hybridized carbons (Fsp3) is 0.357. The molecule has 0 bridgehead atoms. The number of halogens is 1. The Bertz CT molecular complexity index is 572. The maximum absolute atomic E-state index is 13.6. The van der Waals surface area contributed by atoms with Crippen LogP contribution in [0, 0.1) is 5.82 Å². The van der Waals surface area contributed by atoms with Crippen LogP contribution in [0.3, 0.4) is 0 Å². The van der Waals surface area contributed by atoms with Crippen LogP contribution in [0.4, 0.5) is 4.39 Å². The summed E-state index contributed by atoms with van der Waals surface area (Å²) in [6, 6.07) is 3.97. The molecule has 5 nitrogen and oxygen atoms in total. The predicted octanol–water partition coefficient (Wildman–Crippen LogP) is 1.34. The summed E-state index contributed by atoms with van der Waals surface area (Å²) in [4.78, 5) is 36.2. The Morgan fingerprint density at radius 2 is 2.05 bits per heavy atom. The Morgan fingerprint density at radius 3 is 2.70 bits per heavy atom. The lowest BCUT2D eigenvalue weighted by Gasteiger charge is -2.14. The maximum atomic E-state index is 13.6. The van der Waals surface area contributed by atoms with Gasteiger partial charge in [0.2, 0.25) is 5.91 Å². The Kier molecular flexibility index (Phi) is 4.12. The maximum Gasteiger partial charge on any atom is 0.264 e. The van der Waals surface area contributed by atoms with Crippen molar-refractivity contribution in [1.29, 1.82) is 0 Å². The van der Waals surface area contributed by atoms with E-state index in [4.69, 9.17) is 0 Å². The number of nitrogens with zero attached hydrogens (tertiary/aromatic N) is 1. The third-order valence-corrected chi connectivity index (χ3v) is 3.08. The largest absolute Gasteiger partial charge is 0.354 e. The van der Waals surface area contributed by atoms with Gasteiger partial charge in [-0.05, 0) is 18.6 Å². The Hall–Kier alpha value is -2.24. The van der Waals surface area contributed by atoms with E-state index in [1.54, 1.807) is 0 Å². The second kappa shape index (κ2) is 5.81. The van der Waals surface area contributed by atoms with E-state index < -0.39 is 17.6 Å². The van der Waals surface area contributed by atoms with Gasteiger partial charge < -0.3 is 5.32 Å². The van der Waals surface area contributed by atoms with Crippen molar-refractivity contribution >= 4 is 17.7 Å². The zero-order valence-corrected chi connectivity index (χ0v) is 11.1. The fourth-order valence-corrected chi connectivity index (χ4v) is 2.12. The van der Waals surface area contributed by atoms with Gasteiger partial charge in [-0.25, -0.2) is 4.39 Å². The SMILES string of the molecule is CCCC(=O)NCCN1C(=O)c2cccc(F)c2C1=O. The van der Waals surface area contributed by atoms with E-state index in [0.29, 0.717) is 6.42 Å². The predicted molar refractivity (Wildman–Crippen MR) is 69.7 cm³/mol. The number of fused-ring (bicyclic) bond motifs is 1. The molecule has 20 heavy (non-hydrogen) atoms. The van der Waals surface area contributed by atoms with Crippen molar-refractivity contribution in [2.75, 3.05) is 13.1 Å². The monoisotopic (exact) mass is 278 g/mol. The van der Waals surface area contributed by atoms with Crippen molar-refractivity contribution in [1.82, 2.24) is 10.2 Å². The fourth-order valence-electron chi connectivity index (χ4n) is 2.12. The van der Waals surface area contributed by atoms with Gasteiger partial charge in [0.05, 0.1) is 11.1 Å². The van der Waals surface area contributed by atoms with Gasteiger partial charge in [0, 0.05) is 19.5 Å². The first-order chi connectivity index (χ1) is 9.56. The standard InChI is InChI=1S/C14H15FN2O3/c1-2-4-11(18)16-7-8-17-13(19)9-5-3-6-10(15)12(9)14(17)20/h3,5-6H,2,4,7-8H2,1H3,(H,16,18). The molecule has 1 aromatic rings. The van der Waals surface area contributed by atoms with Crippen molar-refractivity contribution in [3.05, 3.63) is 35.1 Å². The summed E-state index contributed by atoms with van der Waals surface area (Å²) < 4.78 is 13.6. The molecule has 0 aromatic heterocycles. The molecule has 1 aliphatic heterocycles. The van der Waals surface area contributed by atoms with Crippen LogP contribution >= 0.6 is 0 Å². The van der Waals surface area contributed by atoms with Gasteiger partial charge in [-0.15, -0.1) is 0 Å². The molecule has 6 heteroatoms. The van der Waals surface area contributed by atoms with Gasteiger partial charge in [0.15, 0.2) is 0 Å². The molecule has 0 unspecified atom stereocenters. The van der Waals surface area contributed by atoms with Gasteiger partial charge in [-0.2, -0.15) is 0 Å². The molecular formula is C14H15FN2O3. The van der Waals surface area contributed by atoms with Gasteiger partial charge in [-0.3, -0.25) is 19.3 Å². The molecule has 0 fully saturated rings. The summed E-state index contributed by atoms with van der Waals surface area (Å²) in [7, 11) is 0. The van der Waals surface area contributed by atoms with Gasteiger partial charge in [-0.1, -0.05) is 13.0 Å². The zero-order chi connectivity index (χ0) is 14.7. The highest BCUT2D eigenvalue weighted by Gasteiger charge is 2.37. The van der Waals surface area contributed by atoms with Crippen LogP contribution in [-0.4, -0.2) is 35.7 Å². The average Bonchev–Trinajstić information content (AvgIpc) is 2.65. The second-order valence-electron chi connectivity index (χ2n) is 4.52. The number of rotatable bonds is 5. The normalized spacial score (nSPS) is 13.6. The minimum absolute atomic E-state index is 0.0429. The number of benzene rings is 1. The van der Waals surface area contributed by atoms with E-state index in [1.807, 2.05) is 6.92 Å². The zero-order valence-electron chi connectivity index (χ0n) is 11.1. The molecule has 1 aliphatic rings. The number of hydrogen-bond acceptors (Lipinski definition) is 3. The number of carbonyl (C=O) groups is 3. The van der Waals surface area contributed by atoms with Gasteiger partial charge in [0.1, 0.15) is 5.82 Å². The highest BCUT2D eigenvalue weighted by atomic mass is 19.1. The van der Waals surface area contributed by atoms with E-state index in [-0.39, 0.29) is 30.1 Å². The summed E-state index contributed by atoms with van der Waals surface area (Å²) in [5.74, 6) is -1.99. The number of imide groups is 1. The first-order valence-electron chi connectivity index (χ1n) is 6.47. The Labute approximate surface area is 115 Å². The molecule has 3 amide bonds. The lowest BCUT2D eigenvalue weighted by Crippen LogP contribution is -2.38.